The number of hydrogen-bond acceptors (Lipinski definition) is 2. The van der Waals surface area contributed by atoms with Crippen LogP contribution in [-0.2, 0) is 17.8 Å². The van der Waals surface area contributed by atoms with E-state index in [0.29, 0.717) is 0 Å². The highest BCUT2D eigenvalue weighted by molar-refractivity contribution is 5.06. The van der Waals surface area contributed by atoms with Gasteiger partial charge in [0.1, 0.15) is 0 Å². The van der Waals surface area contributed by atoms with Crippen LogP contribution in [0.1, 0.15) is 39.3 Å². The summed E-state index contributed by atoms with van der Waals surface area (Å²) >= 11 is 0. The van der Waals surface area contributed by atoms with Crippen LogP contribution in [0.3, 0.4) is 0 Å². The molecule has 1 aromatic rings. The van der Waals surface area contributed by atoms with Crippen molar-refractivity contribution >= 4 is 0 Å². The Bertz CT molecular complexity index is 307. The van der Waals surface area contributed by atoms with Crippen LogP contribution in [-0.4, -0.2) is 24.3 Å². The Labute approximate surface area is 112 Å². The number of aryl methyl sites for hydroxylation is 1. The zero-order chi connectivity index (χ0) is 13.2. The van der Waals surface area contributed by atoms with Gasteiger partial charge in [-0.05, 0) is 30.9 Å². The SMILES string of the molecule is CCCn1cccc1CNCCOCCC(C)C. The Kier molecular flexibility index (Phi) is 7.78. The fourth-order valence-corrected chi connectivity index (χ4v) is 1.85. The molecule has 0 spiro atoms. The molecule has 1 aromatic heterocycles. The lowest BCUT2D eigenvalue weighted by Crippen LogP contribution is -2.21. The predicted octanol–water partition coefficient (Wildman–Crippen LogP) is 3.05. The topological polar surface area (TPSA) is 26.2 Å². The van der Waals surface area contributed by atoms with Crippen molar-refractivity contribution in [3.05, 3.63) is 24.0 Å². The van der Waals surface area contributed by atoms with Crippen LogP contribution in [0.5, 0.6) is 0 Å². The first-order valence-electron chi connectivity index (χ1n) is 7.16. The van der Waals surface area contributed by atoms with Crippen LogP contribution in [0.15, 0.2) is 18.3 Å². The van der Waals surface area contributed by atoms with Gasteiger partial charge in [-0.3, -0.25) is 0 Å². The third kappa shape index (κ3) is 6.22. The van der Waals surface area contributed by atoms with Gasteiger partial charge < -0.3 is 14.6 Å². The minimum absolute atomic E-state index is 0.732. The zero-order valence-corrected chi connectivity index (χ0v) is 12.1. The quantitative estimate of drug-likeness (QED) is 0.648. The highest BCUT2D eigenvalue weighted by atomic mass is 16.5. The second-order valence-corrected chi connectivity index (χ2v) is 5.16. The Morgan fingerprint density at radius 3 is 2.89 bits per heavy atom. The van der Waals surface area contributed by atoms with Gasteiger partial charge in [-0.1, -0.05) is 20.8 Å². The summed E-state index contributed by atoms with van der Waals surface area (Å²) in [6.07, 6.45) is 4.49. The molecule has 0 aliphatic carbocycles. The lowest BCUT2D eigenvalue weighted by molar-refractivity contribution is 0.125. The molecular weight excluding hydrogens is 224 g/mol. The van der Waals surface area contributed by atoms with E-state index in [1.54, 1.807) is 0 Å². The fourth-order valence-electron chi connectivity index (χ4n) is 1.85. The number of rotatable bonds is 10. The number of ether oxygens (including phenoxy) is 1. The lowest BCUT2D eigenvalue weighted by atomic mass is 10.1. The van der Waals surface area contributed by atoms with Crippen molar-refractivity contribution < 1.29 is 4.74 Å². The first-order valence-corrected chi connectivity index (χ1v) is 7.16. The van der Waals surface area contributed by atoms with Gasteiger partial charge >= 0.3 is 0 Å². The van der Waals surface area contributed by atoms with Gasteiger partial charge in [0.2, 0.25) is 0 Å². The highest BCUT2D eigenvalue weighted by Crippen LogP contribution is 2.03. The van der Waals surface area contributed by atoms with Gasteiger partial charge in [-0.2, -0.15) is 0 Å². The Morgan fingerprint density at radius 1 is 1.33 bits per heavy atom. The van der Waals surface area contributed by atoms with Gasteiger partial charge in [0.15, 0.2) is 0 Å². The molecule has 0 atom stereocenters. The highest BCUT2D eigenvalue weighted by Gasteiger charge is 1.99. The van der Waals surface area contributed by atoms with E-state index >= 15 is 0 Å². The molecule has 0 saturated carbocycles. The number of nitrogens with one attached hydrogen (secondary N) is 1. The van der Waals surface area contributed by atoms with Gasteiger partial charge in [-0.15, -0.1) is 0 Å². The van der Waals surface area contributed by atoms with E-state index in [2.05, 4.69) is 49.0 Å². The monoisotopic (exact) mass is 252 g/mol. The maximum atomic E-state index is 5.57. The molecule has 104 valence electrons. The normalized spacial score (nSPS) is 11.3. The fraction of sp³-hybridized carbons (Fsp3) is 0.733. The average Bonchev–Trinajstić information content (AvgIpc) is 2.76. The summed E-state index contributed by atoms with van der Waals surface area (Å²) in [5, 5.41) is 3.43. The Hall–Kier alpha value is -0.800. The van der Waals surface area contributed by atoms with Crippen molar-refractivity contribution in [3.8, 4) is 0 Å². The molecular formula is C15H28N2O. The van der Waals surface area contributed by atoms with Crippen LogP contribution < -0.4 is 5.32 Å². The summed E-state index contributed by atoms with van der Waals surface area (Å²) in [7, 11) is 0. The van der Waals surface area contributed by atoms with Crippen LogP contribution >= 0.6 is 0 Å². The van der Waals surface area contributed by atoms with Gasteiger partial charge in [0, 0.05) is 38.1 Å². The van der Waals surface area contributed by atoms with E-state index in [9.17, 15) is 0 Å². The van der Waals surface area contributed by atoms with Crippen LogP contribution in [0.4, 0.5) is 0 Å². The molecule has 0 unspecified atom stereocenters. The maximum absolute atomic E-state index is 5.57. The van der Waals surface area contributed by atoms with Crippen molar-refractivity contribution in [2.24, 2.45) is 5.92 Å². The van der Waals surface area contributed by atoms with E-state index < -0.39 is 0 Å². The standard InChI is InChI=1S/C15H28N2O/c1-4-9-17-10-5-6-15(17)13-16-8-12-18-11-7-14(2)3/h5-6,10,14,16H,4,7-9,11-13H2,1-3H3. The lowest BCUT2D eigenvalue weighted by Gasteiger charge is -2.10. The number of hydrogen-bond donors (Lipinski definition) is 1. The molecule has 3 nitrogen and oxygen atoms in total. The average molecular weight is 252 g/mol. The van der Waals surface area contributed by atoms with Gasteiger partial charge in [0.25, 0.3) is 0 Å². The molecule has 0 saturated heterocycles. The van der Waals surface area contributed by atoms with E-state index in [4.69, 9.17) is 4.74 Å². The minimum atomic E-state index is 0.732. The molecule has 0 radical (unpaired) electrons. The smallest absolute Gasteiger partial charge is 0.0591 e. The Balaban J connectivity index is 2.05. The predicted molar refractivity (Wildman–Crippen MR) is 76.7 cm³/mol. The van der Waals surface area contributed by atoms with Crippen LogP contribution in [0, 0.1) is 5.92 Å². The summed E-state index contributed by atoms with van der Waals surface area (Å²) in [4.78, 5) is 0. The van der Waals surface area contributed by atoms with Crippen molar-refractivity contribution in [2.75, 3.05) is 19.8 Å². The van der Waals surface area contributed by atoms with Gasteiger partial charge in [-0.25, -0.2) is 0 Å². The molecule has 0 bridgehead atoms. The number of nitrogens with zero attached hydrogens (tertiary/aromatic N) is 1. The van der Waals surface area contributed by atoms with E-state index in [1.807, 2.05) is 0 Å². The van der Waals surface area contributed by atoms with E-state index in [0.717, 1.165) is 45.2 Å². The van der Waals surface area contributed by atoms with Crippen LogP contribution in [0.2, 0.25) is 0 Å². The van der Waals surface area contributed by atoms with Crippen molar-refractivity contribution in [1.82, 2.24) is 9.88 Å². The summed E-state index contributed by atoms with van der Waals surface area (Å²) in [6, 6.07) is 4.30. The second kappa shape index (κ2) is 9.17. The molecule has 1 N–H and O–H groups in total. The molecule has 1 rings (SSSR count). The van der Waals surface area contributed by atoms with Crippen molar-refractivity contribution in [2.45, 2.75) is 46.7 Å². The van der Waals surface area contributed by atoms with Gasteiger partial charge in [0.05, 0.1) is 6.61 Å². The third-order valence-electron chi connectivity index (χ3n) is 2.96. The first kappa shape index (κ1) is 15.3. The van der Waals surface area contributed by atoms with Crippen LogP contribution in [0.25, 0.3) is 0 Å². The molecule has 0 aromatic carbocycles. The number of aromatic nitrogens is 1. The molecule has 0 aliphatic heterocycles. The van der Waals surface area contributed by atoms with Crippen molar-refractivity contribution in [3.63, 3.8) is 0 Å². The minimum Gasteiger partial charge on any atom is -0.380 e. The molecule has 1 heterocycles. The molecule has 18 heavy (non-hydrogen) atoms. The molecule has 0 aliphatic rings. The summed E-state index contributed by atoms with van der Waals surface area (Å²) in [6.45, 7) is 11.3. The first-order chi connectivity index (χ1) is 8.74. The molecule has 0 amide bonds. The second-order valence-electron chi connectivity index (χ2n) is 5.16. The maximum Gasteiger partial charge on any atom is 0.0591 e. The van der Waals surface area contributed by atoms with E-state index in [-0.39, 0.29) is 0 Å². The largest absolute Gasteiger partial charge is 0.380 e. The molecule has 0 fully saturated rings. The van der Waals surface area contributed by atoms with Crippen molar-refractivity contribution in [1.29, 1.82) is 0 Å². The third-order valence-corrected chi connectivity index (χ3v) is 2.96. The summed E-state index contributed by atoms with van der Waals surface area (Å²) < 4.78 is 7.88. The van der Waals surface area contributed by atoms with E-state index in [1.165, 1.54) is 12.1 Å². The zero-order valence-electron chi connectivity index (χ0n) is 12.1. The summed E-state index contributed by atoms with van der Waals surface area (Å²) in [5.74, 6) is 0.732. The molecule has 3 heteroatoms. The Morgan fingerprint density at radius 2 is 2.17 bits per heavy atom. The summed E-state index contributed by atoms with van der Waals surface area (Å²) in [5.41, 5.74) is 1.36.